The Balaban J connectivity index is 2.02. The van der Waals surface area contributed by atoms with Gasteiger partial charge in [0.05, 0.1) is 0 Å². The van der Waals surface area contributed by atoms with E-state index >= 15 is 0 Å². The molecule has 0 saturated heterocycles. The van der Waals surface area contributed by atoms with Crippen molar-refractivity contribution in [3.8, 4) is 5.75 Å². The highest BCUT2D eigenvalue weighted by atomic mass is 35.5. The van der Waals surface area contributed by atoms with Gasteiger partial charge >= 0.3 is 0 Å². The third-order valence-electron chi connectivity index (χ3n) is 3.94. The number of ether oxygens (including phenoxy) is 1. The number of benzene rings is 2. The fourth-order valence-electron chi connectivity index (χ4n) is 2.43. The van der Waals surface area contributed by atoms with E-state index in [2.05, 4.69) is 19.2 Å². The first-order valence-electron chi connectivity index (χ1n) is 8.12. The smallest absolute Gasteiger partial charge is 0.265 e. The number of amides is 1. The molecule has 128 valence electrons. The first-order valence-corrected chi connectivity index (χ1v) is 8.50. The minimum Gasteiger partial charge on any atom is -0.481 e. The van der Waals surface area contributed by atoms with Crippen LogP contribution >= 0.6 is 11.6 Å². The molecule has 2 rings (SSSR count). The lowest BCUT2D eigenvalue weighted by Gasteiger charge is -2.16. The number of halogens is 1. The van der Waals surface area contributed by atoms with Gasteiger partial charge in [0.1, 0.15) is 5.75 Å². The summed E-state index contributed by atoms with van der Waals surface area (Å²) in [6.07, 6.45) is -0.602. The van der Waals surface area contributed by atoms with E-state index < -0.39 is 6.10 Å². The molecule has 0 unspecified atom stereocenters. The van der Waals surface area contributed by atoms with Gasteiger partial charge in [-0.1, -0.05) is 37.6 Å². The van der Waals surface area contributed by atoms with Crippen LogP contribution in [0, 0.1) is 13.8 Å². The van der Waals surface area contributed by atoms with E-state index in [1.54, 1.807) is 6.92 Å². The van der Waals surface area contributed by atoms with Gasteiger partial charge in [-0.15, -0.1) is 0 Å². The van der Waals surface area contributed by atoms with E-state index in [0.717, 1.165) is 21.8 Å². The highest BCUT2D eigenvalue weighted by molar-refractivity contribution is 6.32. The fraction of sp³-hybridized carbons (Fsp3) is 0.350. The largest absolute Gasteiger partial charge is 0.481 e. The third kappa shape index (κ3) is 4.51. The summed E-state index contributed by atoms with van der Waals surface area (Å²) in [5.41, 5.74) is 3.87. The average molecular weight is 346 g/mol. The van der Waals surface area contributed by atoms with Gasteiger partial charge in [-0.2, -0.15) is 0 Å². The average Bonchev–Trinajstić information content (AvgIpc) is 2.52. The summed E-state index contributed by atoms with van der Waals surface area (Å²) in [6, 6.07) is 11.6. The molecule has 4 heteroatoms. The standard InChI is InChI=1S/C20H24ClNO2/c1-12(2)16-6-8-17(9-7-16)22-20(23)15(5)24-18-10-13(3)19(21)14(4)11-18/h6-12,15H,1-5H3,(H,22,23)/t15-/m1/s1. The molecule has 0 aliphatic heterocycles. The molecule has 1 N–H and O–H groups in total. The van der Waals surface area contributed by atoms with E-state index in [9.17, 15) is 4.79 Å². The Bertz CT molecular complexity index is 700. The zero-order valence-corrected chi connectivity index (χ0v) is 15.6. The Morgan fingerprint density at radius 1 is 1.04 bits per heavy atom. The maximum absolute atomic E-state index is 12.3. The van der Waals surface area contributed by atoms with Crippen LogP contribution in [0.3, 0.4) is 0 Å². The van der Waals surface area contributed by atoms with E-state index in [0.29, 0.717) is 11.7 Å². The molecule has 0 aliphatic rings. The van der Waals surface area contributed by atoms with Crippen molar-refractivity contribution in [2.24, 2.45) is 0 Å². The number of aryl methyl sites for hydroxylation is 2. The van der Waals surface area contributed by atoms with Crippen molar-refractivity contribution in [2.75, 3.05) is 5.32 Å². The molecule has 0 aromatic heterocycles. The molecule has 0 aliphatic carbocycles. The molecule has 2 aromatic rings. The molecule has 0 bridgehead atoms. The predicted molar refractivity (Wildman–Crippen MR) is 100 cm³/mol. The SMILES string of the molecule is Cc1cc(O[C@H](C)C(=O)Nc2ccc(C(C)C)cc2)cc(C)c1Cl. The van der Waals surface area contributed by atoms with Gasteiger partial charge in [-0.05, 0) is 67.6 Å². The van der Waals surface area contributed by atoms with Crippen LogP contribution in [0.25, 0.3) is 0 Å². The fourth-order valence-corrected chi connectivity index (χ4v) is 2.54. The lowest BCUT2D eigenvalue weighted by molar-refractivity contribution is -0.122. The van der Waals surface area contributed by atoms with Crippen LogP contribution in [0.2, 0.25) is 5.02 Å². The van der Waals surface area contributed by atoms with E-state index in [1.165, 1.54) is 5.56 Å². The first-order chi connectivity index (χ1) is 11.3. The Labute approximate surface area is 149 Å². The van der Waals surface area contributed by atoms with Gasteiger partial charge < -0.3 is 10.1 Å². The van der Waals surface area contributed by atoms with Gasteiger partial charge in [0.25, 0.3) is 5.91 Å². The van der Waals surface area contributed by atoms with Crippen LogP contribution in [0.15, 0.2) is 36.4 Å². The van der Waals surface area contributed by atoms with Crippen molar-refractivity contribution in [3.63, 3.8) is 0 Å². The minimum absolute atomic E-state index is 0.183. The second-order valence-corrected chi connectivity index (χ2v) is 6.78. The van der Waals surface area contributed by atoms with Crippen LogP contribution in [-0.4, -0.2) is 12.0 Å². The topological polar surface area (TPSA) is 38.3 Å². The molecule has 24 heavy (non-hydrogen) atoms. The van der Waals surface area contributed by atoms with Crippen LogP contribution in [0.1, 0.15) is 43.4 Å². The van der Waals surface area contributed by atoms with Crippen molar-refractivity contribution >= 4 is 23.2 Å². The molecular formula is C20H24ClNO2. The number of nitrogens with one attached hydrogen (secondary N) is 1. The van der Waals surface area contributed by atoms with Crippen molar-refractivity contribution in [1.82, 2.24) is 0 Å². The molecule has 0 fully saturated rings. The van der Waals surface area contributed by atoms with Gasteiger partial charge in [0.15, 0.2) is 6.10 Å². The molecule has 0 radical (unpaired) electrons. The summed E-state index contributed by atoms with van der Waals surface area (Å²) >= 11 is 6.16. The number of carbonyl (C=O) groups is 1. The number of hydrogen-bond donors (Lipinski definition) is 1. The molecule has 3 nitrogen and oxygen atoms in total. The summed E-state index contributed by atoms with van der Waals surface area (Å²) in [6.45, 7) is 9.85. The van der Waals surface area contributed by atoms with Crippen molar-refractivity contribution in [2.45, 2.75) is 46.6 Å². The summed E-state index contributed by atoms with van der Waals surface area (Å²) < 4.78 is 5.76. The Kier molecular flexibility index (Phi) is 5.89. The van der Waals surface area contributed by atoms with Crippen LogP contribution < -0.4 is 10.1 Å². The number of rotatable bonds is 5. The summed E-state index contributed by atoms with van der Waals surface area (Å²) in [4.78, 5) is 12.3. The van der Waals surface area contributed by atoms with Crippen LogP contribution in [0.4, 0.5) is 5.69 Å². The lowest BCUT2D eigenvalue weighted by Crippen LogP contribution is -2.30. The number of carbonyl (C=O) groups excluding carboxylic acids is 1. The second-order valence-electron chi connectivity index (χ2n) is 6.40. The number of hydrogen-bond acceptors (Lipinski definition) is 2. The van der Waals surface area contributed by atoms with Crippen molar-refractivity contribution < 1.29 is 9.53 Å². The molecular weight excluding hydrogens is 322 g/mol. The van der Waals surface area contributed by atoms with Crippen LogP contribution in [-0.2, 0) is 4.79 Å². The van der Waals surface area contributed by atoms with Crippen molar-refractivity contribution in [3.05, 3.63) is 58.1 Å². The van der Waals surface area contributed by atoms with Crippen molar-refractivity contribution in [1.29, 1.82) is 0 Å². The van der Waals surface area contributed by atoms with E-state index in [1.807, 2.05) is 50.2 Å². The molecule has 0 saturated carbocycles. The first kappa shape index (κ1) is 18.3. The summed E-state index contributed by atoms with van der Waals surface area (Å²) in [7, 11) is 0. The van der Waals surface area contributed by atoms with Gasteiger partial charge in [-0.25, -0.2) is 0 Å². The molecule has 0 spiro atoms. The predicted octanol–water partition coefficient (Wildman–Crippen LogP) is 5.49. The van der Waals surface area contributed by atoms with Gasteiger partial charge in [-0.3, -0.25) is 4.79 Å². The Morgan fingerprint density at radius 3 is 2.08 bits per heavy atom. The second kappa shape index (κ2) is 7.71. The van der Waals surface area contributed by atoms with E-state index in [4.69, 9.17) is 16.3 Å². The highest BCUT2D eigenvalue weighted by Gasteiger charge is 2.16. The Hall–Kier alpha value is -2.00. The normalized spacial score (nSPS) is 12.1. The number of anilines is 1. The molecule has 1 amide bonds. The van der Waals surface area contributed by atoms with Gasteiger partial charge in [0.2, 0.25) is 0 Å². The summed E-state index contributed by atoms with van der Waals surface area (Å²) in [5, 5.41) is 3.61. The monoisotopic (exact) mass is 345 g/mol. The molecule has 0 heterocycles. The Morgan fingerprint density at radius 2 is 1.58 bits per heavy atom. The quantitative estimate of drug-likeness (QED) is 0.778. The maximum atomic E-state index is 12.3. The minimum atomic E-state index is -0.602. The van der Waals surface area contributed by atoms with Gasteiger partial charge in [0, 0.05) is 10.7 Å². The maximum Gasteiger partial charge on any atom is 0.265 e. The summed E-state index contributed by atoms with van der Waals surface area (Å²) in [5.74, 6) is 0.929. The highest BCUT2D eigenvalue weighted by Crippen LogP contribution is 2.26. The third-order valence-corrected chi connectivity index (χ3v) is 4.53. The van der Waals surface area contributed by atoms with E-state index in [-0.39, 0.29) is 5.91 Å². The zero-order valence-electron chi connectivity index (χ0n) is 14.8. The van der Waals surface area contributed by atoms with Crippen LogP contribution in [0.5, 0.6) is 5.75 Å². The molecule has 2 aromatic carbocycles. The molecule has 1 atom stereocenters. The zero-order chi connectivity index (χ0) is 17.9. The lowest BCUT2D eigenvalue weighted by atomic mass is 10.0.